The van der Waals surface area contributed by atoms with E-state index in [1.54, 1.807) is 0 Å². The summed E-state index contributed by atoms with van der Waals surface area (Å²) in [5.74, 6) is -0.796. The van der Waals surface area contributed by atoms with Crippen LogP contribution in [0.4, 0.5) is 0 Å². The van der Waals surface area contributed by atoms with Crippen molar-refractivity contribution in [3.63, 3.8) is 0 Å². The van der Waals surface area contributed by atoms with Crippen LogP contribution in [0.3, 0.4) is 0 Å². The Morgan fingerprint density at radius 3 is 1.50 bits per heavy atom. The van der Waals surface area contributed by atoms with Gasteiger partial charge in [-0.25, -0.2) is 0 Å². The van der Waals surface area contributed by atoms with Gasteiger partial charge in [0.1, 0.15) is 0 Å². The number of esters is 2. The van der Waals surface area contributed by atoms with Crippen LogP contribution >= 0.6 is 0 Å². The molecule has 0 aromatic carbocycles. The molecule has 0 N–H and O–H groups in total. The predicted octanol–water partition coefficient (Wildman–Crippen LogP) is 2.29. The highest BCUT2D eigenvalue weighted by Gasteiger charge is 2.38. The molecule has 0 saturated carbocycles. The van der Waals surface area contributed by atoms with Crippen molar-refractivity contribution in [1.29, 1.82) is 0 Å². The minimum absolute atomic E-state index is 0.263. The van der Waals surface area contributed by atoms with Crippen LogP contribution in [0.5, 0.6) is 0 Å². The second-order valence-corrected chi connectivity index (χ2v) is 6.81. The van der Waals surface area contributed by atoms with Gasteiger partial charge in [0, 0.05) is 25.9 Å². The smallest absolute Gasteiger partial charge is 0.393 e. The van der Waals surface area contributed by atoms with Crippen molar-refractivity contribution in [2.24, 2.45) is 0 Å². The zero-order valence-electron chi connectivity index (χ0n) is 12.9. The van der Waals surface area contributed by atoms with Crippen LogP contribution in [0, 0.1) is 0 Å². The molecule has 7 heteroatoms. The van der Waals surface area contributed by atoms with Crippen LogP contribution in [0.2, 0.25) is 6.04 Å². The van der Waals surface area contributed by atoms with E-state index in [0.717, 1.165) is 12.5 Å². The summed E-state index contributed by atoms with van der Waals surface area (Å²) in [7, 11) is -2.30. The molecule has 0 atom stereocenters. The fraction of sp³-hybridized carbons (Fsp3) is 0.846. The molecular formula is C13H26O6Si. The van der Waals surface area contributed by atoms with Gasteiger partial charge in [-0.3, -0.25) is 9.59 Å². The summed E-state index contributed by atoms with van der Waals surface area (Å²) in [5, 5.41) is 0. The van der Waals surface area contributed by atoms with Crippen LogP contribution in [-0.4, -0.2) is 40.6 Å². The van der Waals surface area contributed by atoms with Gasteiger partial charge >= 0.3 is 20.7 Å². The molecule has 0 unspecified atom stereocenters. The van der Waals surface area contributed by atoms with Crippen molar-refractivity contribution < 1.29 is 27.6 Å². The number of cyclic esters (lactones) is 2. The molecule has 1 aliphatic heterocycles. The van der Waals surface area contributed by atoms with Gasteiger partial charge in [0.25, 0.3) is 0 Å². The van der Waals surface area contributed by atoms with Crippen molar-refractivity contribution in [3.05, 3.63) is 0 Å². The molecule has 0 spiro atoms. The van der Waals surface area contributed by atoms with Crippen molar-refractivity contribution in [3.8, 4) is 0 Å². The van der Waals surface area contributed by atoms with Crippen molar-refractivity contribution in [2.45, 2.75) is 53.0 Å². The standard InChI is InChI=1S/C9H22O3Si.C4H4O3/c1-5-9-13(10-6-2,11-7-3)12-8-4;5-3-1-2-4(6)7-3/h5-9H2,1-4H3;1-2H2. The van der Waals surface area contributed by atoms with Gasteiger partial charge in [0.2, 0.25) is 0 Å². The first-order valence-electron chi connectivity index (χ1n) is 7.18. The fourth-order valence-corrected chi connectivity index (χ4v) is 4.36. The molecule has 0 aromatic heterocycles. The minimum atomic E-state index is -2.30. The summed E-state index contributed by atoms with van der Waals surface area (Å²) >= 11 is 0. The second-order valence-electron chi connectivity index (χ2n) is 4.08. The van der Waals surface area contributed by atoms with Crippen molar-refractivity contribution in [1.82, 2.24) is 0 Å². The van der Waals surface area contributed by atoms with E-state index < -0.39 is 20.7 Å². The number of hydrogen-bond acceptors (Lipinski definition) is 6. The van der Waals surface area contributed by atoms with Gasteiger partial charge < -0.3 is 18.0 Å². The van der Waals surface area contributed by atoms with E-state index in [0.29, 0.717) is 19.8 Å². The summed E-state index contributed by atoms with van der Waals surface area (Å²) < 4.78 is 21.0. The maximum absolute atomic E-state index is 10.0. The highest BCUT2D eigenvalue weighted by atomic mass is 28.4. The van der Waals surface area contributed by atoms with E-state index >= 15 is 0 Å². The maximum atomic E-state index is 10.0. The summed E-state index contributed by atoms with van der Waals surface area (Å²) in [6.07, 6.45) is 1.57. The lowest BCUT2D eigenvalue weighted by atomic mass is 10.4. The third-order valence-corrected chi connectivity index (χ3v) is 5.71. The molecule has 0 radical (unpaired) electrons. The fourth-order valence-electron chi connectivity index (χ4n) is 1.74. The Hall–Kier alpha value is -0.763. The van der Waals surface area contributed by atoms with Gasteiger partial charge in [0.15, 0.2) is 0 Å². The molecule has 0 amide bonds. The molecule has 1 aliphatic rings. The number of carbonyl (C=O) groups is 2. The lowest BCUT2D eigenvalue weighted by Gasteiger charge is -2.27. The van der Waals surface area contributed by atoms with Crippen LogP contribution in [0.15, 0.2) is 0 Å². The minimum Gasteiger partial charge on any atom is -0.393 e. The second kappa shape index (κ2) is 11.0. The summed E-state index contributed by atoms with van der Waals surface area (Å²) in [5.41, 5.74) is 0. The first-order valence-corrected chi connectivity index (χ1v) is 9.12. The van der Waals surface area contributed by atoms with Crippen molar-refractivity contribution >= 4 is 20.7 Å². The van der Waals surface area contributed by atoms with E-state index in [1.165, 1.54) is 0 Å². The highest BCUT2D eigenvalue weighted by Crippen LogP contribution is 2.17. The van der Waals surface area contributed by atoms with Gasteiger partial charge in [-0.2, -0.15) is 0 Å². The number of rotatable bonds is 8. The average molecular weight is 306 g/mol. The van der Waals surface area contributed by atoms with Gasteiger partial charge in [-0.15, -0.1) is 0 Å². The zero-order valence-corrected chi connectivity index (χ0v) is 13.9. The molecule has 20 heavy (non-hydrogen) atoms. The molecule has 6 nitrogen and oxygen atoms in total. The topological polar surface area (TPSA) is 71.1 Å². The van der Waals surface area contributed by atoms with Gasteiger partial charge in [-0.05, 0) is 20.8 Å². The van der Waals surface area contributed by atoms with E-state index in [-0.39, 0.29) is 12.8 Å². The maximum Gasteiger partial charge on any atom is 0.500 e. The molecule has 1 fully saturated rings. The summed E-state index contributed by atoms with van der Waals surface area (Å²) in [6, 6.07) is 0.919. The van der Waals surface area contributed by atoms with Gasteiger partial charge in [-0.1, -0.05) is 13.3 Å². The Morgan fingerprint density at radius 2 is 1.30 bits per heavy atom. The Balaban J connectivity index is 0.000000428. The summed E-state index contributed by atoms with van der Waals surface area (Å²) in [6.45, 7) is 10.1. The Bertz CT molecular complexity index is 251. The molecule has 118 valence electrons. The normalized spacial score (nSPS) is 14.8. The number of carbonyl (C=O) groups excluding carboxylic acids is 2. The average Bonchev–Trinajstić information content (AvgIpc) is 2.75. The van der Waals surface area contributed by atoms with Crippen LogP contribution in [0.25, 0.3) is 0 Å². The molecule has 1 saturated heterocycles. The third-order valence-electron chi connectivity index (χ3n) is 2.41. The highest BCUT2D eigenvalue weighted by molar-refractivity contribution is 6.60. The van der Waals surface area contributed by atoms with Crippen LogP contribution < -0.4 is 0 Å². The Labute approximate surface area is 122 Å². The van der Waals surface area contributed by atoms with E-state index in [2.05, 4.69) is 11.7 Å². The monoisotopic (exact) mass is 306 g/mol. The van der Waals surface area contributed by atoms with Gasteiger partial charge in [0.05, 0.1) is 12.8 Å². The molecule has 0 aromatic rings. The largest absolute Gasteiger partial charge is 0.500 e. The summed E-state index contributed by atoms with van der Waals surface area (Å²) in [4.78, 5) is 20.0. The SMILES string of the molecule is CCC[Si](OCC)(OCC)OCC.O=C1CCC(=O)O1. The zero-order chi connectivity index (χ0) is 15.4. The number of ether oxygens (including phenoxy) is 1. The lowest BCUT2D eigenvalue weighted by molar-refractivity contribution is -0.151. The lowest BCUT2D eigenvalue weighted by Crippen LogP contribution is -2.45. The Morgan fingerprint density at radius 1 is 0.900 bits per heavy atom. The third kappa shape index (κ3) is 7.74. The Kier molecular flexibility index (Phi) is 10.5. The van der Waals surface area contributed by atoms with E-state index in [4.69, 9.17) is 13.3 Å². The predicted molar refractivity (Wildman–Crippen MR) is 76.1 cm³/mol. The van der Waals surface area contributed by atoms with E-state index in [1.807, 2.05) is 20.8 Å². The van der Waals surface area contributed by atoms with Crippen LogP contribution in [-0.2, 0) is 27.6 Å². The molecule has 1 heterocycles. The molecule has 1 rings (SSSR count). The molecular weight excluding hydrogens is 280 g/mol. The molecule has 0 aliphatic carbocycles. The quantitative estimate of drug-likeness (QED) is 0.389. The van der Waals surface area contributed by atoms with Crippen LogP contribution in [0.1, 0.15) is 47.0 Å². The molecule has 0 bridgehead atoms. The number of hydrogen-bond donors (Lipinski definition) is 0. The van der Waals surface area contributed by atoms with Crippen molar-refractivity contribution in [2.75, 3.05) is 19.8 Å². The first-order chi connectivity index (χ1) is 9.53. The van der Waals surface area contributed by atoms with E-state index in [9.17, 15) is 9.59 Å². The first kappa shape index (κ1) is 19.2.